The second kappa shape index (κ2) is 5.42. The number of alkyl halides is 1. The topological polar surface area (TPSA) is 12.9 Å². The van der Waals surface area contributed by atoms with Crippen LogP contribution in [0.5, 0.6) is 0 Å². The second-order valence-electron chi connectivity index (χ2n) is 3.34. The Hall–Kier alpha value is -0.670. The van der Waals surface area contributed by atoms with E-state index in [1.165, 1.54) is 10.6 Å². The van der Waals surface area contributed by atoms with Crippen LogP contribution in [0.15, 0.2) is 41.9 Å². The van der Waals surface area contributed by atoms with Crippen molar-refractivity contribution in [2.75, 3.05) is 0 Å². The van der Waals surface area contributed by atoms with Gasteiger partial charge in [-0.15, -0.1) is 11.3 Å². The van der Waals surface area contributed by atoms with Gasteiger partial charge in [-0.2, -0.15) is 0 Å². The highest BCUT2D eigenvalue weighted by molar-refractivity contribution is 9.09. The van der Waals surface area contributed by atoms with Crippen LogP contribution in [0.4, 0.5) is 0 Å². The summed E-state index contributed by atoms with van der Waals surface area (Å²) in [4.78, 5) is 4.71. The molecule has 1 aromatic carbocycles. The molecule has 0 fully saturated rings. The molecule has 1 aromatic heterocycles. The molecular formula is C12H12BrNS. The monoisotopic (exact) mass is 281 g/mol. The molecular weight excluding hydrogens is 270 g/mol. The molecule has 0 bridgehead atoms. The van der Waals surface area contributed by atoms with Crippen LogP contribution in [0.1, 0.15) is 21.8 Å². The summed E-state index contributed by atoms with van der Waals surface area (Å²) < 4.78 is 0. The number of aryl methyl sites for hydroxylation is 1. The number of thiazole rings is 1. The summed E-state index contributed by atoms with van der Waals surface area (Å²) in [7, 11) is 0. The number of halogens is 1. The minimum absolute atomic E-state index is 0.433. The standard InChI is InChI=1S/C12H12BrNS/c13-11(10-4-2-1-3-5-10)6-7-12-14-8-9-15-12/h1-5,8-9,11H,6-7H2. The Morgan fingerprint density at radius 3 is 2.73 bits per heavy atom. The third-order valence-corrected chi connectivity index (χ3v) is 4.08. The number of rotatable bonds is 4. The van der Waals surface area contributed by atoms with Crippen molar-refractivity contribution in [3.63, 3.8) is 0 Å². The molecule has 0 aliphatic carbocycles. The van der Waals surface area contributed by atoms with Crippen LogP contribution in [0, 0.1) is 0 Å². The van der Waals surface area contributed by atoms with Gasteiger partial charge in [0.05, 0.1) is 5.01 Å². The van der Waals surface area contributed by atoms with Gasteiger partial charge in [-0.3, -0.25) is 0 Å². The zero-order valence-electron chi connectivity index (χ0n) is 8.27. The molecule has 0 aliphatic rings. The molecule has 1 heterocycles. The number of aromatic nitrogens is 1. The summed E-state index contributed by atoms with van der Waals surface area (Å²) in [6, 6.07) is 10.5. The summed E-state index contributed by atoms with van der Waals surface area (Å²) in [6.07, 6.45) is 4.01. The van der Waals surface area contributed by atoms with Crippen molar-refractivity contribution in [1.29, 1.82) is 0 Å². The highest BCUT2D eigenvalue weighted by atomic mass is 79.9. The van der Waals surface area contributed by atoms with Gasteiger partial charge in [0.15, 0.2) is 0 Å². The summed E-state index contributed by atoms with van der Waals surface area (Å²) in [5, 5.41) is 3.25. The Morgan fingerprint density at radius 2 is 2.07 bits per heavy atom. The van der Waals surface area contributed by atoms with E-state index in [9.17, 15) is 0 Å². The molecule has 2 rings (SSSR count). The van der Waals surface area contributed by atoms with Crippen molar-refractivity contribution in [1.82, 2.24) is 4.98 Å². The molecule has 15 heavy (non-hydrogen) atoms. The van der Waals surface area contributed by atoms with E-state index in [0.717, 1.165) is 12.8 Å². The smallest absolute Gasteiger partial charge is 0.0925 e. The minimum Gasteiger partial charge on any atom is -0.250 e. The Bertz CT molecular complexity index is 385. The number of benzene rings is 1. The summed E-state index contributed by atoms with van der Waals surface area (Å²) in [5.74, 6) is 0. The van der Waals surface area contributed by atoms with E-state index >= 15 is 0 Å². The fourth-order valence-electron chi connectivity index (χ4n) is 1.46. The number of hydrogen-bond donors (Lipinski definition) is 0. The van der Waals surface area contributed by atoms with Crippen molar-refractivity contribution in [2.45, 2.75) is 17.7 Å². The van der Waals surface area contributed by atoms with Gasteiger partial charge in [0.2, 0.25) is 0 Å². The Morgan fingerprint density at radius 1 is 1.27 bits per heavy atom. The molecule has 0 aliphatic heterocycles. The van der Waals surface area contributed by atoms with E-state index in [0.29, 0.717) is 4.83 Å². The van der Waals surface area contributed by atoms with Gasteiger partial charge < -0.3 is 0 Å². The first-order valence-corrected chi connectivity index (χ1v) is 6.73. The SMILES string of the molecule is BrC(CCc1nccs1)c1ccccc1. The van der Waals surface area contributed by atoms with Crippen LogP contribution in [-0.4, -0.2) is 4.98 Å². The summed E-state index contributed by atoms with van der Waals surface area (Å²) in [5.41, 5.74) is 1.34. The van der Waals surface area contributed by atoms with Crippen LogP contribution in [0.3, 0.4) is 0 Å². The van der Waals surface area contributed by atoms with E-state index in [1.807, 2.05) is 17.6 Å². The molecule has 1 nitrogen and oxygen atoms in total. The van der Waals surface area contributed by atoms with Gasteiger partial charge in [0, 0.05) is 22.8 Å². The van der Waals surface area contributed by atoms with Crippen LogP contribution < -0.4 is 0 Å². The largest absolute Gasteiger partial charge is 0.250 e. The van der Waals surface area contributed by atoms with Crippen LogP contribution in [0.2, 0.25) is 0 Å². The second-order valence-corrected chi connectivity index (χ2v) is 5.43. The number of nitrogens with zero attached hydrogens (tertiary/aromatic N) is 1. The molecule has 78 valence electrons. The van der Waals surface area contributed by atoms with Gasteiger partial charge >= 0.3 is 0 Å². The molecule has 2 aromatic rings. The van der Waals surface area contributed by atoms with E-state index in [-0.39, 0.29) is 0 Å². The molecule has 0 N–H and O–H groups in total. The van der Waals surface area contributed by atoms with Gasteiger partial charge in [0.25, 0.3) is 0 Å². The van der Waals surface area contributed by atoms with Crippen molar-refractivity contribution in [3.8, 4) is 0 Å². The highest BCUT2D eigenvalue weighted by Crippen LogP contribution is 2.27. The van der Waals surface area contributed by atoms with E-state index in [1.54, 1.807) is 11.3 Å². The normalized spacial score (nSPS) is 12.6. The minimum atomic E-state index is 0.433. The first-order chi connectivity index (χ1) is 7.36. The van der Waals surface area contributed by atoms with Crippen molar-refractivity contribution in [3.05, 3.63) is 52.5 Å². The first kappa shape index (κ1) is 10.8. The molecule has 0 saturated carbocycles. The Kier molecular flexibility index (Phi) is 3.92. The maximum atomic E-state index is 4.28. The molecule has 0 amide bonds. The van der Waals surface area contributed by atoms with Crippen molar-refractivity contribution in [2.24, 2.45) is 0 Å². The van der Waals surface area contributed by atoms with E-state index in [2.05, 4.69) is 45.2 Å². The van der Waals surface area contributed by atoms with Crippen LogP contribution >= 0.6 is 27.3 Å². The van der Waals surface area contributed by atoms with E-state index in [4.69, 9.17) is 0 Å². The maximum absolute atomic E-state index is 4.28. The fourth-order valence-corrected chi connectivity index (χ4v) is 2.63. The third-order valence-electron chi connectivity index (χ3n) is 2.26. The zero-order chi connectivity index (χ0) is 10.5. The van der Waals surface area contributed by atoms with Gasteiger partial charge in [-0.05, 0) is 12.0 Å². The summed E-state index contributed by atoms with van der Waals surface area (Å²) >= 11 is 5.44. The lowest BCUT2D eigenvalue weighted by atomic mass is 10.1. The molecule has 0 radical (unpaired) electrons. The van der Waals surface area contributed by atoms with Crippen LogP contribution in [0.25, 0.3) is 0 Å². The molecule has 1 unspecified atom stereocenters. The summed E-state index contributed by atoms with van der Waals surface area (Å²) in [6.45, 7) is 0. The average molecular weight is 282 g/mol. The lowest BCUT2D eigenvalue weighted by molar-refractivity contribution is 0.807. The third kappa shape index (κ3) is 3.14. The lowest BCUT2D eigenvalue weighted by Crippen LogP contribution is -1.92. The Labute approximate surface area is 102 Å². The van der Waals surface area contributed by atoms with Gasteiger partial charge in [0.1, 0.15) is 0 Å². The quantitative estimate of drug-likeness (QED) is 0.765. The molecule has 0 spiro atoms. The van der Waals surface area contributed by atoms with E-state index < -0.39 is 0 Å². The molecule has 3 heteroatoms. The van der Waals surface area contributed by atoms with Gasteiger partial charge in [-0.25, -0.2) is 4.98 Å². The Balaban J connectivity index is 1.90. The van der Waals surface area contributed by atoms with Crippen LogP contribution in [-0.2, 0) is 6.42 Å². The predicted molar refractivity (Wildman–Crippen MR) is 68.5 cm³/mol. The first-order valence-electron chi connectivity index (χ1n) is 4.93. The van der Waals surface area contributed by atoms with Crippen molar-refractivity contribution >= 4 is 27.3 Å². The lowest BCUT2D eigenvalue weighted by Gasteiger charge is -2.08. The predicted octanol–water partition coefficient (Wildman–Crippen LogP) is 4.21. The van der Waals surface area contributed by atoms with Crippen molar-refractivity contribution < 1.29 is 0 Å². The molecule has 1 atom stereocenters. The van der Waals surface area contributed by atoms with Gasteiger partial charge in [-0.1, -0.05) is 46.3 Å². The highest BCUT2D eigenvalue weighted by Gasteiger charge is 2.07. The maximum Gasteiger partial charge on any atom is 0.0925 e. The average Bonchev–Trinajstić information content (AvgIpc) is 2.80. The molecule has 0 saturated heterocycles. The zero-order valence-corrected chi connectivity index (χ0v) is 10.7. The number of hydrogen-bond acceptors (Lipinski definition) is 2. The fraction of sp³-hybridized carbons (Fsp3) is 0.250.